The summed E-state index contributed by atoms with van der Waals surface area (Å²) in [6.45, 7) is 12.5. The number of aliphatic hydroxyl groups excluding tert-OH is 1. The van der Waals surface area contributed by atoms with Crippen LogP contribution in [0, 0.1) is 17.8 Å². The second kappa shape index (κ2) is 8.12. The first-order valence-electron chi connectivity index (χ1n) is 6.40. The molecule has 0 aliphatic heterocycles. The Morgan fingerprint density at radius 2 is 1.47 bits per heavy atom. The fourth-order valence-corrected chi connectivity index (χ4v) is 1.67. The molecule has 0 fully saturated rings. The molecule has 0 amide bonds. The summed E-state index contributed by atoms with van der Waals surface area (Å²) in [5, 5.41) is 12.8. The third kappa shape index (κ3) is 5.53. The lowest BCUT2D eigenvalue weighted by molar-refractivity contribution is 0.192. The number of aliphatic hydroxyl groups is 1. The van der Waals surface area contributed by atoms with Crippen molar-refractivity contribution in [2.75, 3.05) is 13.2 Å². The van der Waals surface area contributed by atoms with Crippen LogP contribution in [0.4, 0.5) is 0 Å². The third-order valence-electron chi connectivity index (χ3n) is 3.84. The summed E-state index contributed by atoms with van der Waals surface area (Å²) in [6, 6.07) is 0.265. The van der Waals surface area contributed by atoms with Gasteiger partial charge >= 0.3 is 0 Å². The molecule has 2 heteroatoms. The summed E-state index contributed by atoms with van der Waals surface area (Å²) >= 11 is 0. The predicted octanol–water partition coefficient (Wildman–Crippen LogP) is 2.67. The Kier molecular flexibility index (Phi) is 8.07. The second-order valence-corrected chi connectivity index (χ2v) is 4.95. The van der Waals surface area contributed by atoms with Crippen LogP contribution in [0.3, 0.4) is 0 Å². The average molecular weight is 215 g/mol. The quantitative estimate of drug-likeness (QED) is 0.652. The number of nitrogens with one attached hydrogen (secondary N) is 1. The lowest BCUT2D eigenvalue weighted by Crippen LogP contribution is -2.41. The van der Waals surface area contributed by atoms with Crippen LogP contribution < -0.4 is 5.32 Å². The van der Waals surface area contributed by atoms with E-state index in [1.165, 1.54) is 6.42 Å². The van der Waals surface area contributed by atoms with Crippen molar-refractivity contribution in [1.29, 1.82) is 0 Å². The third-order valence-corrected chi connectivity index (χ3v) is 3.84. The standard InChI is InChI=1S/C13H29NO/c1-6-10(3)12(5)8-14-13(9-15)11(4)7-2/h10-15H,6-9H2,1-5H3. The summed E-state index contributed by atoms with van der Waals surface area (Å²) in [5.74, 6) is 2.00. The first-order chi connectivity index (χ1) is 7.06. The molecule has 0 heterocycles. The van der Waals surface area contributed by atoms with Gasteiger partial charge < -0.3 is 10.4 Å². The fourth-order valence-electron chi connectivity index (χ4n) is 1.67. The predicted molar refractivity (Wildman–Crippen MR) is 67.0 cm³/mol. The molecule has 0 aliphatic carbocycles. The van der Waals surface area contributed by atoms with Crippen LogP contribution in [-0.4, -0.2) is 24.3 Å². The molecule has 0 saturated heterocycles. The Morgan fingerprint density at radius 3 is 1.87 bits per heavy atom. The van der Waals surface area contributed by atoms with Gasteiger partial charge in [0.25, 0.3) is 0 Å². The normalized spacial score (nSPS) is 19.6. The van der Waals surface area contributed by atoms with Gasteiger partial charge in [-0.2, -0.15) is 0 Å². The first kappa shape index (κ1) is 14.9. The van der Waals surface area contributed by atoms with E-state index in [1.54, 1.807) is 0 Å². The summed E-state index contributed by atoms with van der Waals surface area (Å²) in [4.78, 5) is 0. The van der Waals surface area contributed by atoms with Crippen LogP contribution in [0.2, 0.25) is 0 Å². The van der Waals surface area contributed by atoms with E-state index in [0.29, 0.717) is 11.8 Å². The van der Waals surface area contributed by atoms with Gasteiger partial charge in [-0.3, -0.25) is 0 Å². The molecule has 15 heavy (non-hydrogen) atoms. The molecule has 0 saturated carbocycles. The van der Waals surface area contributed by atoms with Gasteiger partial charge in [0.05, 0.1) is 6.61 Å². The van der Waals surface area contributed by atoms with Crippen molar-refractivity contribution in [2.45, 2.75) is 53.5 Å². The lowest BCUT2D eigenvalue weighted by atomic mass is 9.92. The van der Waals surface area contributed by atoms with Crippen LogP contribution in [0.15, 0.2) is 0 Å². The van der Waals surface area contributed by atoms with Crippen molar-refractivity contribution in [3.05, 3.63) is 0 Å². The van der Waals surface area contributed by atoms with Gasteiger partial charge in [-0.05, 0) is 24.3 Å². The van der Waals surface area contributed by atoms with Crippen molar-refractivity contribution in [3.8, 4) is 0 Å². The highest BCUT2D eigenvalue weighted by Gasteiger charge is 2.16. The molecule has 4 unspecified atom stereocenters. The molecule has 4 atom stereocenters. The molecule has 0 aromatic heterocycles. The maximum absolute atomic E-state index is 9.27. The topological polar surface area (TPSA) is 32.3 Å². The average Bonchev–Trinajstić information content (AvgIpc) is 2.27. The van der Waals surface area contributed by atoms with Crippen molar-refractivity contribution in [1.82, 2.24) is 5.32 Å². The van der Waals surface area contributed by atoms with E-state index in [1.807, 2.05) is 0 Å². The van der Waals surface area contributed by atoms with E-state index < -0.39 is 0 Å². The van der Waals surface area contributed by atoms with Crippen molar-refractivity contribution < 1.29 is 5.11 Å². The van der Waals surface area contributed by atoms with Crippen LogP contribution in [0.1, 0.15) is 47.5 Å². The zero-order chi connectivity index (χ0) is 11.8. The maximum Gasteiger partial charge on any atom is 0.0587 e. The van der Waals surface area contributed by atoms with Crippen molar-refractivity contribution >= 4 is 0 Å². The zero-order valence-corrected chi connectivity index (χ0v) is 11.1. The SMILES string of the molecule is CCC(C)C(C)CNC(CO)C(C)CC. The molecule has 0 aliphatic rings. The Hall–Kier alpha value is -0.0800. The van der Waals surface area contributed by atoms with Gasteiger partial charge in [0.15, 0.2) is 0 Å². The number of rotatable bonds is 8. The monoisotopic (exact) mass is 215 g/mol. The van der Waals surface area contributed by atoms with Gasteiger partial charge in [0.1, 0.15) is 0 Å². The molecule has 0 spiro atoms. The van der Waals surface area contributed by atoms with Gasteiger partial charge in [-0.15, -0.1) is 0 Å². The van der Waals surface area contributed by atoms with E-state index in [9.17, 15) is 5.11 Å². The second-order valence-electron chi connectivity index (χ2n) is 4.95. The summed E-state index contributed by atoms with van der Waals surface area (Å²) in [7, 11) is 0. The van der Waals surface area contributed by atoms with Crippen molar-refractivity contribution in [3.63, 3.8) is 0 Å². The van der Waals surface area contributed by atoms with Crippen molar-refractivity contribution in [2.24, 2.45) is 17.8 Å². The molecular formula is C13H29NO. The minimum Gasteiger partial charge on any atom is -0.395 e. The van der Waals surface area contributed by atoms with Crippen LogP contribution in [-0.2, 0) is 0 Å². The Balaban J connectivity index is 3.89. The lowest BCUT2D eigenvalue weighted by Gasteiger charge is -2.26. The molecule has 0 aromatic carbocycles. The highest BCUT2D eigenvalue weighted by atomic mass is 16.3. The molecule has 2 N–H and O–H groups in total. The molecule has 0 bridgehead atoms. The molecule has 0 aromatic rings. The van der Waals surface area contributed by atoms with Gasteiger partial charge in [0, 0.05) is 6.04 Å². The maximum atomic E-state index is 9.27. The van der Waals surface area contributed by atoms with E-state index in [2.05, 4.69) is 39.9 Å². The van der Waals surface area contributed by atoms with Crippen LogP contribution >= 0.6 is 0 Å². The van der Waals surface area contributed by atoms with Gasteiger partial charge in [0.2, 0.25) is 0 Å². The smallest absolute Gasteiger partial charge is 0.0587 e. The van der Waals surface area contributed by atoms with E-state index in [-0.39, 0.29) is 12.6 Å². The Labute approximate surface area is 95.5 Å². The van der Waals surface area contributed by atoms with Gasteiger partial charge in [-0.1, -0.05) is 47.5 Å². The molecule has 2 nitrogen and oxygen atoms in total. The molecular weight excluding hydrogens is 186 g/mol. The van der Waals surface area contributed by atoms with Crippen LogP contribution in [0.5, 0.6) is 0 Å². The first-order valence-corrected chi connectivity index (χ1v) is 6.40. The summed E-state index contributed by atoms with van der Waals surface area (Å²) < 4.78 is 0. The minimum atomic E-state index is 0.252. The van der Waals surface area contributed by atoms with Gasteiger partial charge in [-0.25, -0.2) is 0 Å². The molecule has 0 radical (unpaired) electrons. The highest BCUT2D eigenvalue weighted by Crippen LogP contribution is 2.14. The zero-order valence-electron chi connectivity index (χ0n) is 11.1. The number of hydrogen-bond acceptors (Lipinski definition) is 2. The Bertz CT molecular complexity index is 149. The fraction of sp³-hybridized carbons (Fsp3) is 1.00. The summed E-state index contributed by atoms with van der Waals surface area (Å²) in [6.07, 6.45) is 2.35. The van der Waals surface area contributed by atoms with E-state index in [0.717, 1.165) is 18.9 Å². The van der Waals surface area contributed by atoms with Crippen LogP contribution in [0.25, 0.3) is 0 Å². The van der Waals surface area contributed by atoms with E-state index in [4.69, 9.17) is 0 Å². The van der Waals surface area contributed by atoms with E-state index >= 15 is 0 Å². The molecule has 0 rings (SSSR count). The largest absolute Gasteiger partial charge is 0.395 e. The summed E-state index contributed by atoms with van der Waals surface area (Å²) in [5.41, 5.74) is 0. The highest BCUT2D eigenvalue weighted by molar-refractivity contribution is 4.73. The number of hydrogen-bond donors (Lipinski definition) is 2. The minimum absolute atomic E-state index is 0.252. The molecule has 92 valence electrons. The Morgan fingerprint density at radius 1 is 0.933 bits per heavy atom.